The first-order chi connectivity index (χ1) is 8.62. The van der Waals surface area contributed by atoms with Crippen molar-refractivity contribution in [3.8, 4) is 0 Å². The van der Waals surface area contributed by atoms with Crippen LogP contribution in [-0.4, -0.2) is 22.2 Å². The highest BCUT2D eigenvalue weighted by Crippen LogP contribution is 2.30. The number of aliphatic hydroxyl groups is 2. The molecule has 0 saturated heterocycles. The van der Waals surface area contributed by atoms with Crippen molar-refractivity contribution >= 4 is 11.6 Å². The summed E-state index contributed by atoms with van der Waals surface area (Å²) < 4.78 is 0. The van der Waals surface area contributed by atoms with Crippen molar-refractivity contribution in [1.29, 1.82) is 0 Å². The van der Waals surface area contributed by atoms with E-state index in [2.05, 4.69) is 0 Å². The molecule has 0 aliphatic rings. The fourth-order valence-corrected chi connectivity index (χ4v) is 1.82. The summed E-state index contributed by atoms with van der Waals surface area (Å²) in [7, 11) is 0. The van der Waals surface area contributed by atoms with E-state index in [1.54, 1.807) is 12.1 Å². The summed E-state index contributed by atoms with van der Waals surface area (Å²) in [4.78, 5) is 10.8. The molecule has 1 rings (SSSR count). The Morgan fingerprint density at radius 2 is 1.89 bits per heavy atom. The second kappa shape index (κ2) is 5.59. The van der Waals surface area contributed by atoms with Gasteiger partial charge in [0.1, 0.15) is 6.10 Å². The van der Waals surface area contributed by atoms with Crippen molar-refractivity contribution in [2.24, 2.45) is 5.73 Å². The van der Waals surface area contributed by atoms with E-state index >= 15 is 0 Å². The number of carbonyl (C=O) groups is 1. The number of primary amides is 1. The lowest BCUT2D eigenvalue weighted by atomic mass is 9.84. The molecule has 1 amide bonds. The second-order valence-electron chi connectivity index (χ2n) is 5.78. The number of amides is 1. The minimum absolute atomic E-state index is 0.100. The Morgan fingerprint density at radius 3 is 2.37 bits per heavy atom. The second-order valence-corrected chi connectivity index (χ2v) is 5.78. The zero-order chi connectivity index (χ0) is 14.8. The Bertz CT molecular complexity index is 466. The van der Waals surface area contributed by atoms with Gasteiger partial charge in [-0.3, -0.25) is 4.79 Å². The highest BCUT2D eigenvalue weighted by atomic mass is 16.3. The van der Waals surface area contributed by atoms with Gasteiger partial charge in [-0.25, -0.2) is 0 Å². The van der Waals surface area contributed by atoms with Gasteiger partial charge in [0, 0.05) is 11.3 Å². The molecule has 1 aromatic rings. The molecule has 0 fully saturated rings. The largest absolute Gasteiger partial charge is 0.398 e. The zero-order valence-corrected chi connectivity index (χ0v) is 11.6. The van der Waals surface area contributed by atoms with Gasteiger partial charge in [-0.2, -0.15) is 0 Å². The Kier molecular flexibility index (Phi) is 4.55. The van der Waals surface area contributed by atoms with E-state index in [4.69, 9.17) is 11.5 Å². The zero-order valence-electron chi connectivity index (χ0n) is 11.6. The van der Waals surface area contributed by atoms with Gasteiger partial charge in [0.2, 0.25) is 5.91 Å². The van der Waals surface area contributed by atoms with Gasteiger partial charge in [0.15, 0.2) is 0 Å². The van der Waals surface area contributed by atoms with Crippen LogP contribution < -0.4 is 11.5 Å². The predicted molar refractivity (Wildman–Crippen MR) is 74.3 cm³/mol. The van der Waals surface area contributed by atoms with Crippen LogP contribution in [0.2, 0.25) is 0 Å². The van der Waals surface area contributed by atoms with Crippen LogP contribution >= 0.6 is 0 Å². The molecule has 0 radical (unpaired) electrons. The molecule has 0 spiro atoms. The maximum atomic E-state index is 10.8. The first kappa shape index (κ1) is 15.5. The summed E-state index contributed by atoms with van der Waals surface area (Å²) in [6.07, 6.45) is -2.79. The topological polar surface area (TPSA) is 110 Å². The van der Waals surface area contributed by atoms with Crippen LogP contribution in [0, 0.1) is 0 Å². The Balaban J connectivity index is 3.08. The monoisotopic (exact) mass is 266 g/mol. The average Bonchev–Trinajstić information content (AvgIpc) is 2.26. The van der Waals surface area contributed by atoms with Crippen LogP contribution in [0.4, 0.5) is 5.69 Å². The summed E-state index contributed by atoms with van der Waals surface area (Å²) in [6, 6.07) is 5.33. The van der Waals surface area contributed by atoms with Gasteiger partial charge in [-0.1, -0.05) is 32.9 Å². The summed E-state index contributed by atoms with van der Waals surface area (Å²) in [6.45, 7) is 6.11. The molecule has 2 atom stereocenters. The van der Waals surface area contributed by atoms with Crippen molar-refractivity contribution in [3.63, 3.8) is 0 Å². The van der Waals surface area contributed by atoms with Crippen LogP contribution in [-0.2, 0) is 10.2 Å². The highest BCUT2D eigenvalue weighted by molar-refractivity contribution is 5.74. The smallest absolute Gasteiger partial charge is 0.220 e. The minimum atomic E-state index is -1.25. The lowest BCUT2D eigenvalue weighted by Crippen LogP contribution is -2.26. The summed E-state index contributed by atoms with van der Waals surface area (Å²) in [5, 5.41) is 19.8. The molecule has 0 aromatic heterocycles. The molecule has 6 N–H and O–H groups in total. The molecular formula is C14H22N2O3. The van der Waals surface area contributed by atoms with Crippen LogP contribution in [0.3, 0.4) is 0 Å². The summed E-state index contributed by atoms with van der Waals surface area (Å²) in [5.74, 6) is -0.669. The van der Waals surface area contributed by atoms with Crippen molar-refractivity contribution in [2.75, 3.05) is 5.73 Å². The molecule has 0 heterocycles. The number of hydrogen-bond acceptors (Lipinski definition) is 4. The van der Waals surface area contributed by atoms with Gasteiger partial charge in [0.25, 0.3) is 0 Å². The molecule has 1 aromatic carbocycles. The van der Waals surface area contributed by atoms with Crippen LogP contribution in [0.25, 0.3) is 0 Å². The van der Waals surface area contributed by atoms with Crippen LogP contribution in [0.5, 0.6) is 0 Å². The average molecular weight is 266 g/mol. The van der Waals surface area contributed by atoms with Crippen molar-refractivity contribution in [3.05, 3.63) is 29.3 Å². The maximum absolute atomic E-state index is 10.8. The van der Waals surface area contributed by atoms with E-state index in [0.717, 1.165) is 5.56 Å². The number of nitrogen functional groups attached to an aromatic ring is 1. The number of rotatable bonds is 4. The SMILES string of the molecule is CC(C)(C)c1ccc(N)c(C(O)C(O)CC(N)=O)c1. The van der Waals surface area contributed by atoms with E-state index in [1.807, 2.05) is 26.8 Å². The number of nitrogens with two attached hydrogens (primary N) is 2. The lowest BCUT2D eigenvalue weighted by molar-refractivity contribution is -0.121. The van der Waals surface area contributed by atoms with Gasteiger partial charge in [-0.05, 0) is 17.0 Å². The fourth-order valence-electron chi connectivity index (χ4n) is 1.82. The number of anilines is 1. The Labute approximate surface area is 113 Å². The Hall–Kier alpha value is -1.59. The number of hydrogen-bond donors (Lipinski definition) is 4. The van der Waals surface area contributed by atoms with Gasteiger partial charge in [-0.15, -0.1) is 0 Å². The number of carbonyl (C=O) groups excluding carboxylic acids is 1. The molecule has 19 heavy (non-hydrogen) atoms. The molecule has 0 bridgehead atoms. The third kappa shape index (κ3) is 3.94. The first-order valence-electron chi connectivity index (χ1n) is 6.17. The van der Waals surface area contributed by atoms with Crippen molar-refractivity contribution < 1.29 is 15.0 Å². The number of aliphatic hydroxyl groups excluding tert-OH is 2. The molecule has 0 saturated carbocycles. The summed E-state index contributed by atoms with van der Waals surface area (Å²) in [5.41, 5.74) is 12.5. The fraction of sp³-hybridized carbons (Fsp3) is 0.500. The van der Waals surface area contributed by atoms with E-state index in [1.165, 1.54) is 0 Å². The maximum Gasteiger partial charge on any atom is 0.220 e. The van der Waals surface area contributed by atoms with Gasteiger partial charge >= 0.3 is 0 Å². The lowest BCUT2D eigenvalue weighted by Gasteiger charge is -2.24. The van der Waals surface area contributed by atoms with Gasteiger partial charge < -0.3 is 21.7 Å². The van der Waals surface area contributed by atoms with E-state index in [0.29, 0.717) is 11.3 Å². The molecule has 106 valence electrons. The van der Waals surface area contributed by atoms with E-state index < -0.39 is 18.1 Å². The standard InChI is InChI=1S/C14H22N2O3/c1-14(2,3)8-4-5-10(15)9(6-8)13(19)11(17)7-12(16)18/h4-6,11,13,17,19H,7,15H2,1-3H3,(H2,16,18). The van der Waals surface area contributed by atoms with Crippen molar-refractivity contribution in [1.82, 2.24) is 0 Å². The molecule has 5 heteroatoms. The van der Waals surface area contributed by atoms with E-state index in [-0.39, 0.29) is 11.8 Å². The molecule has 2 unspecified atom stereocenters. The third-order valence-electron chi connectivity index (χ3n) is 3.05. The molecule has 0 aliphatic heterocycles. The summed E-state index contributed by atoms with van der Waals surface area (Å²) >= 11 is 0. The van der Waals surface area contributed by atoms with E-state index in [9.17, 15) is 15.0 Å². The quantitative estimate of drug-likeness (QED) is 0.605. The van der Waals surface area contributed by atoms with Crippen molar-refractivity contribution in [2.45, 2.75) is 44.8 Å². The van der Waals surface area contributed by atoms with Crippen LogP contribution in [0.1, 0.15) is 44.4 Å². The minimum Gasteiger partial charge on any atom is -0.398 e. The molecular weight excluding hydrogens is 244 g/mol. The molecule has 5 nitrogen and oxygen atoms in total. The first-order valence-corrected chi connectivity index (χ1v) is 6.17. The highest BCUT2D eigenvalue weighted by Gasteiger charge is 2.24. The third-order valence-corrected chi connectivity index (χ3v) is 3.05. The van der Waals surface area contributed by atoms with Crippen LogP contribution in [0.15, 0.2) is 18.2 Å². The number of benzene rings is 1. The Morgan fingerprint density at radius 1 is 1.32 bits per heavy atom. The van der Waals surface area contributed by atoms with Gasteiger partial charge in [0.05, 0.1) is 12.5 Å². The molecule has 0 aliphatic carbocycles. The predicted octanol–water partition coefficient (Wildman–Crippen LogP) is 0.836. The normalized spacial score (nSPS) is 15.0.